The Balaban J connectivity index is 0.00000225. The molecule has 4 rings (SSSR count). The molecule has 0 atom stereocenters. The molecule has 0 saturated carbocycles. The zero-order valence-electron chi connectivity index (χ0n) is 17.8. The van der Waals surface area contributed by atoms with Gasteiger partial charge in [0.15, 0.2) is 0 Å². The van der Waals surface area contributed by atoms with Crippen molar-refractivity contribution in [3.63, 3.8) is 0 Å². The van der Waals surface area contributed by atoms with E-state index < -0.39 is 0 Å². The van der Waals surface area contributed by atoms with Gasteiger partial charge in [-0.3, -0.25) is 0 Å². The largest absolute Gasteiger partial charge is 0.384 e. The Hall–Kier alpha value is -0.810. The highest BCUT2D eigenvalue weighted by molar-refractivity contribution is 5.85. The third-order valence-electron chi connectivity index (χ3n) is 7.15. The first-order valence-corrected chi connectivity index (χ1v) is 11.1. The van der Waals surface area contributed by atoms with Crippen LogP contribution in [0.25, 0.3) is 0 Å². The number of fused-ring (bicyclic) bond motifs is 1. The molecule has 0 aromatic heterocycles. The lowest BCUT2D eigenvalue weighted by Gasteiger charge is -2.41. The van der Waals surface area contributed by atoms with Crippen molar-refractivity contribution in [2.75, 3.05) is 58.7 Å². The Morgan fingerprint density at radius 2 is 1.82 bits per heavy atom. The van der Waals surface area contributed by atoms with Crippen LogP contribution in [0.5, 0.6) is 0 Å². The summed E-state index contributed by atoms with van der Waals surface area (Å²) in [5.41, 5.74) is 4.39. The standard InChI is InChI=1S/C23H38N4.ClH/c1-25-14-10-22(11-15-25)27-16-8-19(9-17-27)7-13-26(2)18-21-5-3-4-20-6-12-24-23(20)21;/h3-5,19,22,24H,6-18H2,1-2H3;1H. The van der Waals surface area contributed by atoms with E-state index in [1.165, 1.54) is 88.1 Å². The molecule has 0 radical (unpaired) electrons. The van der Waals surface area contributed by atoms with E-state index in [2.05, 4.69) is 52.3 Å². The maximum Gasteiger partial charge on any atom is 0.0419 e. The predicted octanol–water partition coefficient (Wildman–Crippen LogP) is 3.70. The lowest BCUT2D eigenvalue weighted by Crippen LogP contribution is -2.47. The Kier molecular flexibility index (Phi) is 8.04. The van der Waals surface area contributed by atoms with Crippen molar-refractivity contribution in [3.8, 4) is 0 Å². The maximum absolute atomic E-state index is 3.58. The Morgan fingerprint density at radius 1 is 1.07 bits per heavy atom. The van der Waals surface area contributed by atoms with Crippen molar-refractivity contribution in [1.29, 1.82) is 0 Å². The van der Waals surface area contributed by atoms with E-state index in [4.69, 9.17) is 0 Å². The van der Waals surface area contributed by atoms with Crippen molar-refractivity contribution in [3.05, 3.63) is 29.3 Å². The Labute approximate surface area is 178 Å². The lowest BCUT2D eigenvalue weighted by molar-refractivity contribution is 0.0815. The molecule has 28 heavy (non-hydrogen) atoms. The van der Waals surface area contributed by atoms with Gasteiger partial charge < -0.3 is 20.0 Å². The molecule has 2 fully saturated rings. The monoisotopic (exact) mass is 406 g/mol. The van der Waals surface area contributed by atoms with Crippen LogP contribution in [0, 0.1) is 5.92 Å². The summed E-state index contributed by atoms with van der Waals surface area (Å²) in [7, 11) is 4.56. The smallest absolute Gasteiger partial charge is 0.0419 e. The van der Waals surface area contributed by atoms with Crippen molar-refractivity contribution >= 4 is 18.1 Å². The highest BCUT2D eigenvalue weighted by Crippen LogP contribution is 2.28. The fourth-order valence-electron chi connectivity index (χ4n) is 5.28. The average Bonchev–Trinajstić information content (AvgIpc) is 3.17. The van der Waals surface area contributed by atoms with Gasteiger partial charge in [-0.25, -0.2) is 0 Å². The quantitative estimate of drug-likeness (QED) is 0.777. The van der Waals surface area contributed by atoms with Crippen molar-refractivity contribution < 1.29 is 0 Å². The van der Waals surface area contributed by atoms with Crippen molar-refractivity contribution in [2.45, 2.75) is 51.1 Å². The SMILES string of the molecule is CN1CCC(N2CCC(CCN(C)Cc3cccc4c3NCC4)CC2)CC1.Cl. The molecule has 5 heteroatoms. The number of piperidine rings is 2. The van der Waals surface area contributed by atoms with E-state index in [9.17, 15) is 0 Å². The van der Waals surface area contributed by atoms with E-state index in [-0.39, 0.29) is 12.4 Å². The van der Waals surface area contributed by atoms with Crippen LogP contribution in [0.4, 0.5) is 5.69 Å². The van der Waals surface area contributed by atoms with Gasteiger partial charge in [-0.05, 0) is 102 Å². The maximum atomic E-state index is 3.58. The van der Waals surface area contributed by atoms with Gasteiger partial charge in [0, 0.05) is 24.8 Å². The number of benzene rings is 1. The number of nitrogens with zero attached hydrogens (tertiary/aromatic N) is 3. The van der Waals surface area contributed by atoms with Crippen molar-refractivity contribution in [2.24, 2.45) is 5.92 Å². The van der Waals surface area contributed by atoms with Gasteiger partial charge in [-0.2, -0.15) is 0 Å². The summed E-state index contributed by atoms with van der Waals surface area (Å²) in [4.78, 5) is 7.81. The molecular weight excluding hydrogens is 368 g/mol. The van der Waals surface area contributed by atoms with Crippen LogP contribution in [-0.4, -0.2) is 74.1 Å². The van der Waals surface area contributed by atoms with Gasteiger partial charge >= 0.3 is 0 Å². The first-order chi connectivity index (χ1) is 13.2. The molecular formula is C23H39ClN4. The lowest BCUT2D eigenvalue weighted by atomic mass is 9.91. The van der Waals surface area contributed by atoms with Gasteiger partial charge in [-0.1, -0.05) is 18.2 Å². The summed E-state index contributed by atoms with van der Waals surface area (Å²) in [5, 5.41) is 3.58. The molecule has 0 aliphatic carbocycles. The molecule has 3 aliphatic heterocycles. The molecule has 3 aliphatic rings. The van der Waals surface area contributed by atoms with Crippen LogP contribution in [-0.2, 0) is 13.0 Å². The number of anilines is 1. The summed E-state index contributed by atoms with van der Waals surface area (Å²) in [5.74, 6) is 0.926. The van der Waals surface area contributed by atoms with E-state index in [0.29, 0.717) is 0 Å². The van der Waals surface area contributed by atoms with Gasteiger partial charge in [0.05, 0.1) is 0 Å². The molecule has 0 spiro atoms. The van der Waals surface area contributed by atoms with Gasteiger partial charge in [-0.15, -0.1) is 12.4 Å². The van der Waals surface area contributed by atoms with Crippen LogP contribution in [0.3, 0.4) is 0 Å². The summed E-state index contributed by atoms with van der Waals surface area (Å²) in [6, 6.07) is 7.66. The van der Waals surface area contributed by atoms with Crippen LogP contribution >= 0.6 is 12.4 Å². The third kappa shape index (κ3) is 5.41. The molecule has 0 bridgehead atoms. The highest BCUT2D eigenvalue weighted by atomic mass is 35.5. The zero-order valence-corrected chi connectivity index (χ0v) is 18.6. The number of hydrogen-bond donors (Lipinski definition) is 1. The van der Waals surface area contributed by atoms with Crippen LogP contribution in [0.2, 0.25) is 0 Å². The molecule has 1 N–H and O–H groups in total. The second-order valence-electron chi connectivity index (χ2n) is 9.17. The molecule has 1 aromatic carbocycles. The minimum absolute atomic E-state index is 0. The predicted molar refractivity (Wildman–Crippen MR) is 122 cm³/mol. The van der Waals surface area contributed by atoms with E-state index in [0.717, 1.165) is 25.0 Å². The molecule has 158 valence electrons. The van der Waals surface area contributed by atoms with Gasteiger partial charge in [0.2, 0.25) is 0 Å². The molecule has 3 heterocycles. The first-order valence-electron chi connectivity index (χ1n) is 11.1. The van der Waals surface area contributed by atoms with E-state index >= 15 is 0 Å². The second-order valence-corrected chi connectivity index (χ2v) is 9.17. The fraction of sp³-hybridized carbons (Fsp3) is 0.739. The zero-order chi connectivity index (χ0) is 18.6. The van der Waals surface area contributed by atoms with Crippen molar-refractivity contribution in [1.82, 2.24) is 14.7 Å². The molecule has 2 saturated heterocycles. The number of nitrogens with one attached hydrogen (secondary N) is 1. The van der Waals surface area contributed by atoms with Gasteiger partial charge in [0.25, 0.3) is 0 Å². The number of halogens is 1. The molecule has 1 aromatic rings. The Morgan fingerprint density at radius 3 is 2.57 bits per heavy atom. The average molecular weight is 407 g/mol. The summed E-state index contributed by atoms with van der Waals surface area (Å²) in [6.45, 7) is 8.64. The second kappa shape index (κ2) is 10.3. The number of rotatable bonds is 6. The minimum atomic E-state index is 0. The van der Waals surface area contributed by atoms with Crippen LogP contribution in [0.15, 0.2) is 18.2 Å². The molecule has 0 amide bonds. The van der Waals surface area contributed by atoms with Crippen LogP contribution < -0.4 is 5.32 Å². The Bertz CT molecular complexity index is 607. The van der Waals surface area contributed by atoms with E-state index in [1.807, 2.05) is 0 Å². The van der Waals surface area contributed by atoms with E-state index in [1.54, 1.807) is 0 Å². The van der Waals surface area contributed by atoms with Crippen LogP contribution in [0.1, 0.15) is 43.2 Å². The minimum Gasteiger partial charge on any atom is -0.384 e. The summed E-state index contributed by atoms with van der Waals surface area (Å²) >= 11 is 0. The third-order valence-corrected chi connectivity index (χ3v) is 7.15. The summed E-state index contributed by atoms with van der Waals surface area (Å²) < 4.78 is 0. The fourth-order valence-corrected chi connectivity index (χ4v) is 5.28. The number of para-hydroxylation sites is 1. The van der Waals surface area contributed by atoms with Gasteiger partial charge in [0.1, 0.15) is 0 Å². The number of hydrogen-bond acceptors (Lipinski definition) is 4. The first kappa shape index (κ1) is 21.9. The summed E-state index contributed by atoms with van der Waals surface area (Å²) in [6.07, 6.45) is 8.10. The molecule has 0 unspecified atom stereocenters. The normalized spacial score (nSPS) is 22.1. The highest BCUT2D eigenvalue weighted by Gasteiger charge is 2.27. The number of likely N-dealkylation sites (tertiary alicyclic amines) is 2. The topological polar surface area (TPSA) is 21.8 Å². The molecule has 4 nitrogen and oxygen atoms in total.